The van der Waals surface area contributed by atoms with Crippen molar-refractivity contribution in [1.82, 2.24) is 19.0 Å². The number of nitrogen functional groups attached to an aromatic ring is 1. The molecule has 1 aromatic heterocycles. The number of aromatic nitrogens is 2. The maximum atomic E-state index is 13.1. The van der Waals surface area contributed by atoms with E-state index in [2.05, 4.69) is 5.10 Å². The van der Waals surface area contributed by atoms with Crippen molar-refractivity contribution < 1.29 is 13.2 Å². The highest BCUT2D eigenvalue weighted by molar-refractivity contribution is 7.89. The van der Waals surface area contributed by atoms with E-state index in [0.29, 0.717) is 11.3 Å². The molecular weight excluding hydrogens is 366 g/mol. The first kappa shape index (κ1) is 19.8. The van der Waals surface area contributed by atoms with Crippen LogP contribution in [0.4, 0.5) is 5.69 Å². The summed E-state index contributed by atoms with van der Waals surface area (Å²) in [6.07, 6.45) is 6.47. The number of ether oxygens (including phenoxy) is 1. The van der Waals surface area contributed by atoms with Crippen LogP contribution in [-0.2, 0) is 14.8 Å². The van der Waals surface area contributed by atoms with Crippen molar-refractivity contribution in [1.29, 1.82) is 0 Å². The average molecular weight is 394 g/mol. The number of nitrogens with two attached hydrogens (primary N) is 1. The molecule has 2 heterocycles. The van der Waals surface area contributed by atoms with Crippen molar-refractivity contribution in [2.45, 2.75) is 30.4 Å². The fourth-order valence-corrected chi connectivity index (χ4v) is 4.67. The Labute approximate surface area is 160 Å². The molecule has 0 radical (unpaired) electrons. The van der Waals surface area contributed by atoms with Crippen LogP contribution in [0.5, 0.6) is 0 Å². The molecule has 1 saturated heterocycles. The Kier molecular flexibility index (Phi) is 5.85. The summed E-state index contributed by atoms with van der Waals surface area (Å²) in [6.45, 7) is 0.989. The molecule has 0 saturated carbocycles. The summed E-state index contributed by atoms with van der Waals surface area (Å²) >= 11 is 0. The van der Waals surface area contributed by atoms with Gasteiger partial charge in [-0.15, -0.1) is 0 Å². The molecule has 1 aliphatic rings. The minimum Gasteiger partial charge on any atom is -0.399 e. The Morgan fingerprint density at radius 2 is 2.07 bits per heavy atom. The van der Waals surface area contributed by atoms with Crippen LogP contribution in [0.3, 0.4) is 0 Å². The van der Waals surface area contributed by atoms with E-state index in [-0.39, 0.29) is 17.8 Å². The SMILES string of the molecule is CN(C)CN(C)S(=O)(=O)c1cc(N)ccc1-c1cnn(C2CCCCO2)c1. The third-order valence-electron chi connectivity index (χ3n) is 4.54. The highest BCUT2D eigenvalue weighted by Crippen LogP contribution is 2.32. The lowest BCUT2D eigenvalue weighted by atomic mass is 10.1. The monoisotopic (exact) mass is 393 g/mol. The highest BCUT2D eigenvalue weighted by atomic mass is 32.2. The van der Waals surface area contributed by atoms with E-state index in [9.17, 15) is 8.42 Å². The summed E-state index contributed by atoms with van der Waals surface area (Å²) in [5.41, 5.74) is 7.60. The Balaban J connectivity index is 1.98. The van der Waals surface area contributed by atoms with Gasteiger partial charge in [-0.25, -0.2) is 13.1 Å². The number of nitrogens with zero attached hydrogens (tertiary/aromatic N) is 4. The van der Waals surface area contributed by atoms with Gasteiger partial charge in [-0.1, -0.05) is 6.07 Å². The zero-order valence-electron chi connectivity index (χ0n) is 16.0. The van der Waals surface area contributed by atoms with Gasteiger partial charge in [0.15, 0.2) is 0 Å². The second-order valence-electron chi connectivity index (χ2n) is 7.11. The molecule has 1 fully saturated rings. The maximum absolute atomic E-state index is 13.1. The van der Waals surface area contributed by atoms with Crippen molar-refractivity contribution in [2.24, 2.45) is 0 Å². The van der Waals surface area contributed by atoms with Crippen LogP contribution < -0.4 is 5.73 Å². The average Bonchev–Trinajstić information content (AvgIpc) is 3.11. The fourth-order valence-electron chi connectivity index (χ4n) is 3.20. The second-order valence-corrected chi connectivity index (χ2v) is 9.12. The standard InChI is InChI=1S/C18H27N5O3S/c1-21(2)13-22(3)27(24,25)17-10-15(19)7-8-16(17)14-11-20-23(12-14)18-6-4-5-9-26-18/h7-8,10-12,18H,4-6,9,13,19H2,1-3H3. The first-order chi connectivity index (χ1) is 12.8. The van der Waals surface area contributed by atoms with Crippen molar-refractivity contribution in [3.63, 3.8) is 0 Å². The van der Waals surface area contributed by atoms with E-state index in [4.69, 9.17) is 10.5 Å². The summed E-state index contributed by atoms with van der Waals surface area (Å²) in [6, 6.07) is 4.94. The summed E-state index contributed by atoms with van der Waals surface area (Å²) in [5, 5.41) is 4.40. The van der Waals surface area contributed by atoms with Gasteiger partial charge in [0, 0.05) is 36.7 Å². The Hall–Kier alpha value is -1.94. The number of anilines is 1. The van der Waals surface area contributed by atoms with Gasteiger partial charge in [-0.3, -0.25) is 4.90 Å². The topological polar surface area (TPSA) is 93.7 Å². The number of sulfonamides is 1. The summed E-state index contributed by atoms with van der Waals surface area (Å²) in [5.74, 6) is 0. The van der Waals surface area contributed by atoms with Gasteiger partial charge in [0.1, 0.15) is 6.23 Å². The molecule has 2 N–H and O–H groups in total. The van der Waals surface area contributed by atoms with E-state index in [0.717, 1.165) is 31.4 Å². The predicted molar refractivity (Wildman–Crippen MR) is 104 cm³/mol. The van der Waals surface area contributed by atoms with Crippen LogP contribution in [0, 0.1) is 0 Å². The normalized spacial score (nSPS) is 18.3. The smallest absolute Gasteiger partial charge is 0.244 e. The molecule has 8 nitrogen and oxygen atoms in total. The van der Waals surface area contributed by atoms with Crippen molar-refractivity contribution >= 4 is 15.7 Å². The van der Waals surface area contributed by atoms with Crippen LogP contribution >= 0.6 is 0 Å². The first-order valence-corrected chi connectivity index (χ1v) is 10.4. The van der Waals surface area contributed by atoms with Crippen LogP contribution in [0.15, 0.2) is 35.5 Å². The molecule has 1 aliphatic heterocycles. The van der Waals surface area contributed by atoms with Gasteiger partial charge in [-0.05, 0) is 45.5 Å². The molecule has 2 aromatic rings. The molecule has 0 spiro atoms. The van der Waals surface area contributed by atoms with Crippen LogP contribution in [0.25, 0.3) is 11.1 Å². The zero-order valence-corrected chi connectivity index (χ0v) is 16.8. The molecule has 148 valence electrons. The van der Waals surface area contributed by atoms with Gasteiger partial charge in [0.05, 0.1) is 17.8 Å². The molecule has 9 heteroatoms. The largest absolute Gasteiger partial charge is 0.399 e. The second kappa shape index (κ2) is 7.97. The van der Waals surface area contributed by atoms with E-state index < -0.39 is 10.0 Å². The van der Waals surface area contributed by atoms with E-state index in [1.54, 1.807) is 35.0 Å². The summed E-state index contributed by atoms with van der Waals surface area (Å²) in [4.78, 5) is 1.97. The lowest BCUT2D eigenvalue weighted by Gasteiger charge is -2.23. The third kappa shape index (κ3) is 4.32. The lowest BCUT2D eigenvalue weighted by molar-refractivity contribution is -0.0394. The van der Waals surface area contributed by atoms with E-state index in [1.165, 1.54) is 10.4 Å². The molecule has 1 unspecified atom stereocenters. The quantitative estimate of drug-likeness (QED) is 0.596. The Morgan fingerprint density at radius 1 is 1.30 bits per heavy atom. The van der Waals surface area contributed by atoms with E-state index in [1.807, 2.05) is 20.3 Å². The maximum Gasteiger partial charge on any atom is 0.244 e. The molecule has 1 atom stereocenters. The first-order valence-electron chi connectivity index (χ1n) is 8.96. The molecule has 3 rings (SSSR count). The van der Waals surface area contributed by atoms with Gasteiger partial charge < -0.3 is 10.5 Å². The number of rotatable bonds is 6. The van der Waals surface area contributed by atoms with Crippen LogP contribution in [-0.4, -0.2) is 61.8 Å². The van der Waals surface area contributed by atoms with Crippen LogP contribution in [0.2, 0.25) is 0 Å². The number of hydrogen-bond donors (Lipinski definition) is 1. The van der Waals surface area contributed by atoms with Crippen molar-refractivity contribution in [2.75, 3.05) is 40.2 Å². The molecule has 0 bridgehead atoms. The zero-order chi connectivity index (χ0) is 19.6. The van der Waals surface area contributed by atoms with Gasteiger partial charge in [0.2, 0.25) is 10.0 Å². The number of benzene rings is 1. The molecule has 27 heavy (non-hydrogen) atoms. The van der Waals surface area contributed by atoms with Crippen molar-refractivity contribution in [3.8, 4) is 11.1 Å². The van der Waals surface area contributed by atoms with Gasteiger partial charge in [0.25, 0.3) is 0 Å². The minimum absolute atomic E-state index is 0.0993. The minimum atomic E-state index is -3.71. The molecular formula is C18H27N5O3S. The van der Waals surface area contributed by atoms with Gasteiger partial charge >= 0.3 is 0 Å². The highest BCUT2D eigenvalue weighted by Gasteiger charge is 2.26. The molecule has 1 aromatic carbocycles. The summed E-state index contributed by atoms with van der Waals surface area (Å²) in [7, 11) is 1.49. The molecule has 0 amide bonds. The van der Waals surface area contributed by atoms with Crippen LogP contribution in [0.1, 0.15) is 25.5 Å². The molecule has 0 aliphatic carbocycles. The van der Waals surface area contributed by atoms with E-state index >= 15 is 0 Å². The van der Waals surface area contributed by atoms with Gasteiger partial charge in [-0.2, -0.15) is 9.40 Å². The predicted octanol–water partition coefficient (Wildman–Crippen LogP) is 1.97. The Morgan fingerprint density at radius 3 is 2.74 bits per heavy atom. The summed E-state index contributed by atoms with van der Waals surface area (Å²) < 4.78 is 35.1. The Bertz CT molecular complexity index is 888. The number of hydrogen-bond acceptors (Lipinski definition) is 6. The fraction of sp³-hybridized carbons (Fsp3) is 0.500. The third-order valence-corrected chi connectivity index (χ3v) is 6.37. The van der Waals surface area contributed by atoms with Crippen molar-refractivity contribution in [3.05, 3.63) is 30.6 Å². The lowest BCUT2D eigenvalue weighted by Crippen LogP contribution is -2.35.